The first-order valence-corrected chi connectivity index (χ1v) is 9.54. The van der Waals surface area contributed by atoms with Crippen molar-refractivity contribution in [2.75, 3.05) is 13.1 Å². The third kappa shape index (κ3) is 3.87. The van der Waals surface area contributed by atoms with Crippen LogP contribution in [0.2, 0.25) is 5.02 Å². The molecule has 0 N–H and O–H groups in total. The first kappa shape index (κ1) is 19.5. The van der Waals surface area contributed by atoms with E-state index < -0.39 is 11.9 Å². The number of carbonyl (C=O) groups excluding carboxylic acids is 1. The van der Waals surface area contributed by atoms with Gasteiger partial charge >= 0.3 is 6.18 Å². The summed E-state index contributed by atoms with van der Waals surface area (Å²) in [7, 11) is 0. The van der Waals surface area contributed by atoms with Crippen LogP contribution in [0.3, 0.4) is 0 Å². The summed E-state index contributed by atoms with van der Waals surface area (Å²) in [5.74, 6) is -0.0651. The molecule has 1 fully saturated rings. The van der Waals surface area contributed by atoms with Gasteiger partial charge in [-0.2, -0.15) is 18.3 Å². The van der Waals surface area contributed by atoms with Gasteiger partial charge in [-0.25, -0.2) is 4.68 Å². The molecule has 0 atom stereocenters. The largest absolute Gasteiger partial charge is 0.435 e. The number of rotatable bonds is 3. The first-order valence-electron chi connectivity index (χ1n) is 9.16. The van der Waals surface area contributed by atoms with Gasteiger partial charge in [-0.05, 0) is 43.2 Å². The molecule has 0 aliphatic carbocycles. The molecule has 0 spiro atoms. The molecule has 0 bridgehead atoms. The minimum Gasteiger partial charge on any atom is -0.339 e. The van der Waals surface area contributed by atoms with Gasteiger partial charge in [-0.15, -0.1) is 0 Å². The summed E-state index contributed by atoms with van der Waals surface area (Å²) in [6, 6.07) is 14.1. The molecule has 29 heavy (non-hydrogen) atoms. The summed E-state index contributed by atoms with van der Waals surface area (Å²) in [5, 5.41) is 4.03. The summed E-state index contributed by atoms with van der Waals surface area (Å²) in [6.07, 6.45) is -2.62. The second-order valence-corrected chi connectivity index (χ2v) is 7.26. The van der Waals surface area contributed by atoms with Crippen LogP contribution in [0.4, 0.5) is 13.2 Å². The normalized spacial score (nSPS) is 14.4. The number of halogens is 4. The van der Waals surface area contributed by atoms with Crippen LogP contribution < -0.4 is 0 Å². The lowest BCUT2D eigenvalue weighted by molar-refractivity contribution is -0.141. The fourth-order valence-electron chi connectivity index (χ4n) is 3.42. The Balaban J connectivity index is 1.75. The number of benzene rings is 2. The van der Waals surface area contributed by atoms with E-state index in [0.29, 0.717) is 16.8 Å². The average molecular weight is 420 g/mol. The maximum absolute atomic E-state index is 13.3. The van der Waals surface area contributed by atoms with Crippen LogP contribution >= 0.6 is 11.6 Å². The van der Waals surface area contributed by atoms with E-state index in [1.165, 1.54) is 4.68 Å². The molecular formula is C21H17ClF3N3O. The zero-order valence-electron chi connectivity index (χ0n) is 15.3. The van der Waals surface area contributed by atoms with Gasteiger partial charge in [0, 0.05) is 24.2 Å². The van der Waals surface area contributed by atoms with Gasteiger partial charge in [0.1, 0.15) is 0 Å². The van der Waals surface area contributed by atoms with Gasteiger partial charge < -0.3 is 4.90 Å². The van der Waals surface area contributed by atoms with E-state index in [0.717, 1.165) is 32.0 Å². The molecule has 1 aliphatic rings. The predicted molar refractivity (Wildman–Crippen MR) is 104 cm³/mol. The fourth-order valence-corrected chi connectivity index (χ4v) is 3.63. The second kappa shape index (κ2) is 7.55. The molecule has 0 radical (unpaired) electrons. The van der Waals surface area contributed by atoms with Crippen molar-refractivity contribution in [3.63, 3.8) is 0 Å². The minimum absolute atomic E-state index is 0.0651. The van der Waals surface area contributed by atoms with Crippen molar-refractivity contribution in [3.8, 4) is 16.9 Å². The quantitative estimate of drug-likeness (QED) is 0.566. The number of hydrogen-bond donors (Lipinski definition) is 0. The molecule has 0 saturated carbocycles. The second-order valence-electron chi connectivity index (χ2n) is 6.85. The number of nitrogens with zero attached hydrogens (tertiary/aromatic N) is 3. The van der Waals surface area contributed by atoms with Crippen molar-refractivity contribution in [1.29, 1.82) is 0 Å². The Bertz CT molecular complexity index is 1040. The molecule has 1 aliphatic heterocycles. The van der Waals surface area contributed by atoms with Crippen molar-refractivity contribution < 1.29 is 18.0 Å². The number of alkyl halides is 3. The van der Waals surface area contributed by atoms with E-state index in [9.17, 15) is 18.0 Å². The van der Waals surface area contributed by atoms with E-state index in [-0.39, 0.29) is 16.6 Å². The standard InChI is InChI=1S/C21H17ClF3N3O/c22-16-5-1-2-6-17(16)28-18(13-19(26-28)21(23,24)25)14-7-9-15(10-8-14)20(29)27-11-3-4-12-27/h1-2,5-10,13H,3-4,11-12H2. The number of hydrogen-bond acceptors (Lipinski definition) is 2. The number of aromatic nitrogens is 2. The molecule has 2 heterocycles. The van der Waals surface area contributed by atoms with Crippen LogP contribution in [0.25, 0.3) is 16.9 Å². The molecule has 4 rings (SSSR count). The van der Waals surface area contributed by atoms with E-state index in [4.69, 9.17) is 11.6 Å². The van der Waals surface area contributed by atoms with Gasteiger partial charge in [0.15, 0.2) is 5.69 Å². The zero-order valence-corrected chi connectivity index (χ0v) is 16.0. The van der Waals surface area contributed by atoms with Gasteiger partial charge in [0.05, 0.1) is 16.4 Å². The highest BCUT2D eigenvalue weighted by Gasteiger charge is 2.35. The van der Waals surface area contributed by atoms with Gasteiger partial charge in [-0.1, -0.05) is 35.9 Å². The number of amides is 1. The van der Waals surface area contributed by atoms with Gasteiger partial charge in [0.25, 0.3) is 5.91 Å². The molecule has 1 aromatic heterocycles. The van der Waals surface area contributed by atoms with Gasteiger partial charge in [0.2, 0.25) is 0 Å². The Morgan fingerprint density at radius 1 is 1.00 bits per heavy atom. The van der Waals surface area contributed by atoms with Crippen LogP contribution in [-0.4, -0.2) is 33.7 Å². The van der Waals surface area contributed by atoms with Crippen molar-refractivity contribution in [3.05, 3.63) is 70.9 Å². The number of para-hydroxylation sites is 1. The Hall–Kier alpha value is -2.80. The van der Waals surface area contributed by atoms with Crippen molar-refractivity contribution in [2.24, 2.45) is 0 Å². The summed E-state index contributed by atoms with van der Waals surface area (Å²) in [5.41, 5.74) is 0.591. The number of carbonyl (C=O) groups is 1. The Labute approximate surface area is 170 Å². The summed E-state index contributed by atoms with van der Waals surface area (Å²) < 4.78 is 41.1. The van der Waals surface area contributed by atoms with Crippen molar-refractivity contribution in [2.45, 2.75) is 19.0 Å². The maximum atomic E-state index is 13.3. The van der Waals surface area contributed by atoms with Crippen molar-refractivity contribution in [1.82, 2.24) is 14.7 Å². The highest BCUT2D eigenvalue weighted by atomic mass is 35.5. The number of likely N-dealkylation sites (tertiary alicyclic amines) is 1. The third-order valence-electron chi connectivity index (χ3n) is 4.90. The van der Waals surface area contributed by atoms with E-state index in [2.05, 4.69) is 5.10 Å². The lowest BCUT2D eigenvalue weighted by atomic mass is 10.1. The smallest absolute Gasteiger partial charge is 0.339 e. The molecule has 2 aromatic carbocycles. The minimum atomic E-state index is -4.59. The molecule has 1 amide bonds. The monoisotopic (exact) mass is 419 g/mol. The summed E-state index contributed by atoms with van der Waals surface area (Å²) >= 11 is 6.19. The van der Waals surface area contributed by atoms with Crippen LogP contribution in [0, 0.1) is 0 Å². The maximum Gasteiger partial charge on any atom is 0.435 e. The molecule has 150 valence electrons. The Morgan fingerprint density at radius 3 is 2.28 bits per heavy atom. The highest BCUT2D eigenvalue weighted by molar-refractivity contribution is 6.32. The molecule has 8 heteroatoms. The van der Waals surface area contributed by atoms with Crippen LogP contribution in [0.1, 0.15) is 28.9 Å². The molecular weight excluding hydrogens is 403 g/mol. The van der Waals surface area contributed by atoms with Crippen LogP contribution in [0.5, 0.6) is 0 Å². The fraction of sp³-hybridized carbons (Fsp3) is 0.238. The third-order valence-corrected chi connectivity index (χ3v) is 5.22. The molecule has 0 unspecified atom stereocenters. The summed E-state index contributed by atoms with van der Waals surface area (Å²) in [4.78, 5) is 14.3. The lowest BCUT2D eigenvalue weighted by Crippen LogP contribution is -2.27. The SMILES string of the molecule is O=C(c1ccc(-c2cc(C(F)(F)F)nn2-c2ccccc2Cl)cc1)N1CCCC1. The van der Waals surface area contributed by atoms with Gasteiger partial charge in [-0.3, -0.25) is 4.79 Å². The zero-order chi connectivity index (χ0) is 20.6. The lowest BCUT2D eigenvalue weighted by Gasteiger charge is -2.15. The van der Waals surface area contributed by atoms with E-state index in [1.807, 2.05) is 0 Å². The van der Waals surface area contributed by atoms with E-state index >= 15 is 0 Å². The predicted octanol–water partition coefficient (Wildman–Crippen LogP) is 5.45. The topological polar surface area (TPSA) is 38.1 Å². The molecule has 4 nitrogen and oxygen atoms in total. The Morgan fingerprint density at radius 2 is 1.66 bits per heavy atom. The average Bonchev–Trinajstić information content (AvgIpc) is 3.38. The van der Waals surface area contributed by atoms with Crippen molar-refractivity contribution >= 4 is 17.5 Å². The van der Waals surface area contributed by atoms with E-state index in [1.54, 1.807) is 53.4 Å². The molecule has 1 saturated heterocycles. The first-order chi connectivity index (χ1) is 13.8. The molecule has 3 aromatic rings. The Kier molecular flexibility index (Phi) is 5.08. The van der Waals surface area contributed by atoms with Crippen LogP contribution in [0.15, 0.2) is 54.6 Å². The van der Waals surface area contributed by atoms with Crippen LogP contribution in [-0.2, 0) is 6.18 Å². The summed E-state index contributed by atoms with van der Waals surface area (Å²) in [6.45, 7) is 1.46. The highest BCUT2D eigenvalue weighted by Crippen LogP contribution is 2.34.